The molecule has 0 bridgehead atoms. The van der Waals surface area contributed by atoms with Crippen LogP contribution in [-0.4, -0.2) is 13.2 Å². The Labute approximate surface area is 96.6 Å². The maximum absolute atomic E-state index is 6.01. The van der Waals surface area contributed by atoms with Crippen LogP contribution in [0.2, 0.25) is 5.02 Å². The molecular weight excluding hydrogens is 210 g/mol. The highest BCUT2D eigenvalue weighted by atomic mass is 35.5. The minimum Gasteiger partial charge on any atom is -0.496 e. The lowest BCUT2D eigenvalue weighted by Crippen LogP contribution is -2.22. The lowest BCUT2D eigenvalue weighted by atomic mass is 10.1. The summed E-state index contributed by atoms with van der Waals surface area (Å²) in [5.74, 6) is 0.924. The zero-order valence-electron chi connectivity index (χ0n) is 9.73. The first-order valence-corrected chi connectivity index (χ1v) is 5.48. The van der Waals surface area contributed by atoms with Crippen molar-refractivity contribution in [3.63, 3.8) is 0 Å². The molecule has 0 fully saturated rings. The largest absolute Gasteiger partial charge is 0.496 e. The van der Waals surface area contributed by atoms with E-state index in [1.165, 1.54) is 0 Å². The molecule has 0 atom stereocenters. The van der Waals surface area contributed by atoms with E-state index < -0.39 is 0 Å². The Kier molecular flexibility index (Phi) is 4.43. The molecule has 1 aromatic carbocycles. The molecule has 1 rings (SSSR count). The Morgan fingerprint density at radius 3 is 2.60 bits per heavy atom. The van der Waals surface area contributed by atoms with E-state index in [0.29, 0.717) is 6.04 Å². The monoisotopic (exact) mass is 227 g/mol. The predicted molar refractivity (Wildman–Crippen MR) is 64.7 cm³/mol. The third-order valence-corrected chi connectivity index (χ3v) is 2.44. The highest BCUT2D eigenvalue weighted by Crippen LogP contribution is 2.27. The van der Waals surface area contributed by atoms with Gasteiger partial charge in [0.25, 0.3) is 0 Å². The molecule has 3 heteroatoms. The molecule has 0 heterocycles. The number of benzene rings is 1. The van der Waals surface area contributed by atoms with Gasteiger partial charge in [-0.1, -0.05) is 25.4 Å². The average Bonchev–Trinajstić information content (AvgIpc) is 2.13. The van der Waals surface area contributed by atoms with Gasteiger partial charge in [-0.15, -0.1) is 0 Å². The Bertz CT molecular complexity index is 337. The molecule has 0 amide bonds. The van der Waals surface area contributed by atoms with Gasteiger partial charge < -0.3 is 10.1 Å². The molecule has 0 aliphatic carbocycles. The van der Waals surface area contributed by atoms with Crippen molar-refractivity contribution < 1.29 is 4.74 Å². The zero-order valence-corrected chi connectivity index (χ0v) is 10.5. The molecule has 0 saturated heterocycles. The van der Waals surface area contributed by atoms with Crippen LogP contribution in [0.1, 0.15) is 25.0 Å². The Balaban J connectivity index is 2.93. The highest BCUT2D eigenvalue weighted by molar-refractivity contribution is 6.30. The van der Waals surface area contributed by atoms with Crippen LogP contribution in [0.5, 0.6) is 5.75 Å². The van der Waals surface area contributed by atoms with Crippen LogP contribution in [0, 0.1) is 6.92 Å². The van der Waals surface area contributed by atoms with Gasteiger partial charge in [0.1, 0.15) is 5.75 Å². The van der Waals surface area contributed by atoms with Crippen molar-refractivity contribution in [2.45, 2.75) is 33.4 Å². The smallest absolute Gasteiger partial charge is 0.126 e. The van der Waals surface area contributed by atoms with Crippen molar-refractivity contribution in [1.82, 2.24) is 5.32 Å². The average molecular weight is 228 g/mol. The van der Waals surface area contributed by atoms with Crippen molar-refractivity contribution in [2.24, 2.45) is 0 Å². The second-order valence-corrected chi connectivity index (χ2v) is 4.39. The van der Waals surface area contributed by atoms with Crippen molar-refractivity contribution in [3.8, 4) is 5.75 Å². The van der Waals surface area contributed by atoms with Crippen LogP contribution in [0.3, 0.4) is 0 Å². The maximum atomic E-state index is 6.01. The Morgan fingerprint density at radius 1 is 1.40 bits per heavy atom. The van der Waals surface area contributed by atoms with E-state index in [1.807, 2.05) is 19.1 Å². The first-order chi connectivity index (χ1) is 7.04. The minimum atomic E-state index is 0.453. The van der Waals surface area contributed by atoms with Crippen molar-refractivity contribution in [2.75, 3.05) is 7.11 Å². The minimum absolute atomic E-state index is 0.453. The van der Waals surface area contributed by atoms with E-state index in [2.05, 4.69) is 19.2 Å². The molecule has 0 aromatic heterocycles. The number of rotatable bonds is 4. The third-order valence-electron chi connectivity index (χ3n) is 2.22. The lowest BCUT2D eigenvalue weighted by molar-refractivity contribution is 0.403. The summed E-state index contributed by atoms with van der Waals surface area (Å²) in [5.41, 5.74) is 2.18. The lowest BCUT2D eigenvalue weighted by Gasteiger charge is -2.14. The topological polar surface area (TPSA) is 21.3 Å². The number of hydrogen-bond acceptors (Lipinski definition) is 2. The fourth-order valence-electron chi connectivity index (χ4n) is 1.54. The zero-order chi connectivity index (χ0) is 11.4. The van der Waals surface area contributed by atoms with Gasteiger partial charge in [0.2, 0.25) is 0 Å². The van der Waals surface area contributed by atoms with Crippen molar-refractivity contribution in [3.05, 3.63) is 28.3 Å². The molecule has 0 radical (unpaired) electrons. The molecule has 0 unspecified atom stereocenters. The summed E-state index contributed by atoms with van der Waals surface area (Å²) in [7, 11) is 1.69. The van der Waals surface area contributed by atoms with Gasteiger partial charge in [0, 0.05) is 23.2 Å². The van der Waals surface area contributed by atoms with E-state index in [-0.39, 0.29) is 0 Å². The summed E-state index contributed by atoms with van der Waals surface area (Å²) >= 11 is 6.01. The number of hydrogen-bond donors (Lipinski definition) is 1. The maximum Gasteiger partial charge on any atom is 0.126 e. The molecule has 0 aliphatic rings. The van der Waals surface area contributed by atoms with E-state index in [0.717, 1.165) is 28.4 Å². The van der Waals surface area contributed by atoms with Crippen LogP contribution < -0.4 is 10.1 Å². The van der Waals surface area contributed by atoms with Gasteiger partial charge in [-0.25, -0.2) is 0 Å². The predicted octanol–water partition coefficient (Wildman–Crippen LogP) is 3.16. The molecule has 1 N–H and O–H groups in total. The molecular formula is C12H18ClNO. The number of ether oxygens (including phenoxy) is 1. The number of nitrogens with one attached hydrogen (secondary N) is 1. The van der Waals surface area contributed by atoms with Gasteiger partial charge in [-0.3, -0.25) is 0 Å². The van der Waals surface area contributed by atoms with Crippen LogP contribution in [0.25, 0.3) is 0 Å². The first kappa shape index (κ1) is 12.3. The highest BCUT2D eigenvalue weighted by Gasteiger charge is 2.08. The summed E-state index contributed by atoms with van der Waals surface area (Å²) in [6, 6.07) is 4.32. The van der Waals surface area contributed by atoms with Gasteiger partial charge in [-0.2, -0.15) is 0 Å². The van der Waals surface area contributed by atoms with Crippen LogP contribution in [0.4, 0.5) is 0 Å². The van der Waals surface area contributed by atoms with Gasteiger partial charge in [0.05, 0.1) is 7.11 Å². The fraction of sp³-hybridized carbons (Fsp3) is 0.500. The number of methoxy groups -OCH3 is 1. The number of halogens is 1. The first-order valence-electron chi connectivity index (χ1n) is 5.11. The fourth-order valence-corrected chi connectivity index (χ4v) is 1.83. The van der Waals surface area contributed by atoms with Crippen LogP contribution >= 0.6 is 11.6 Å². The second-order valence-electron chi connectivity index (χ2n) is 3.95. The molecule has 0 spiro atoms. The van der Waals surface area contributed by atoms with Gasteiger partial charge >= 0.3 is 0 Å². The summed E-state index contributed by atoms with van der Waals surface area (Å²) in [4.78, 5) is 0. The Morgan fingerprint density at radius 2 is 2.07 bits per heavy atom. The van der Waals surface area contributed by atoms with Crippen LogP contribution in [-0.2, 0) is 6.54 Å². The molecule has 2 nitrogen and oxygen atoms in total. The molecule has 0 aliphatic heterocycles. The van der Waals surface area contributed by atoms with Crippen molar-refractivity contribution >= 4 is 11.6 Å². The molecule has 0 saturated carbocycles. The van der Waals surface area contributed by atoms with Gasteiger partial charge in [-0.05, 0) is 24.6 Å². The quantitative estimate of drug-likeness (QED) is 0.853. The Hall–Kier alpha value is -0.730. The van der Waals surface area contributed by atoms with Crippen molar-refractivity contribution in [1.29, 1.82) is 0 Å². The third kappa shape index (κ3) is 3.40. The van der Waals surface area contributed by atoms with E-state index in [1.54, 1.807) is 7.11 Å². The summed E-state index contributed by atoms with van der Waals surface area (Å²) < 4.78 is 5.36. The summed E-state index contributed by atoms with van der Waals surface area (Å²) in [6.45, 7) is 7.01. The SMILES string of the molecule is COc1c(C)cc(Cl)cc1CNC(C)C. The molecule has 1 aromatic rings. The molecule has 84 valence electrons. The number of aryl methyl sites for hydroxylation is 1. The van der Waals surface area contributed by atoms with Gasteiger partial charge in [0.15, 0.2) is 0 Å². The standard InChI is InChI=1S/C12H18ClNO/c1-8(2)14-7-10-6-11(13)5-9(3)12(10)15-4/h5-6,8,14H,7H2,1-4H3. The normalized spacial score (nSPS) is 10.8. The van der Waals surface area contributed by atoms with Crippen LogP contribution in [0.15, 0.2) is 12.1 Å². The molecule has 15 heavy (non-hydrogen) atoms. The summed E-state index contributed by atoms with van der Waals surface area (Å²) in [5, 5.41) is 4.11. The van der Waals surface area contributed by atoms with E-state index in [4.69, 9.17) is 16.3 Å². The summed E-state index contributed by atoms with van der Waals surface area (Å²) in [6.07, 6.45) is 0. The van der Waals surface area contributed by atoms with E-state index in [9.17, 15) is 0 Å². The second kappa shape index (κ2) is 5.38. The van der Waals surface area contributed by atoms with E-state index >= 15 is 0 Å².